The second-order valence-electron chi connectivity index (χ2n) is 6.59. The number of anilines is 3. The molecule has 5 N–H and O–H groups in total. The first kappa shape index (κ1) is 20.1. The van der Waals surface area contributed by atoms with E-state index in [9.17, 15) is 10.1 Å². The molecule has 1 amide bonds. The Kier molecular flexibility index (Phi) is 5.02. The lowest BCUT2D eigenvalue weighted by atomic mass is 10.0. The van der Waals surface area contributed by atoms with Crippen molar-refractivity contribution >= 4 is 66.8 Å². The summed E-state index contributed by atoms with van der Waals surface area (Å²) in [7, 11) is 0. The molecule has 0 bridgehead atoms. The average Bonchev–Trinajstić information content (AvgIpc) is 3.54. The van der Waals surface area contributed by atoms with Gasteiger partial charge in [0.1, 0.15) is 27.2 Å². The number of nitrogens with one attached hydrogen (secondary N) is 1. The summed E-state index contributed by atoms with van der Waals surface area (Å²) in [6, 6.07) is 9.60. The van der Waals surface area contributed by atoms with E-state index in [0.717, 1.165) is 27.5 Å². The zero-order valence-corrected chi connectivity index (χ0v) is 18.6. The monoisotopic (exact) mass is 475 g/mol. The number of nitrogens with zero attached hydrogens (tertiary/aromatic N) is 4. The number of hydrogen-bond donors (Lipinski definition) is 3. The van der Waals surface area contributed by atoms with Gasteiger partial charge in [0.25, 0.3) is 5.91 Å². The van der Waals surface area contributed by atoms with Gasteiger partial charge in [-0.3, -0.25) is 15.1 Å². The molecule has 5 rings (SSSR count). The number of nitrogens with two attached hydrogens (primary N) is 2. The molecule has 0 saturated carbocycles. The molecule has 0 saturated heterocycles. The van der Waals surface area contributed by atoms with E-state index >= 15 is 0 Å². The highest BCUT2D eigenvalue weighted by atomic mass is 32.1. The summed E-state index contributed by atoms with van der Waals surface area (Å²) < 4.78 is 0. The number of nitriles is 1. The molecular formula is C21H13N7OS3. The zero-order chi connectivity index (χ0) is 22.2. The van der Waals surface area contributed by atoms with Gasteiger partial charge in [0, 0.05) is 39.2 Å². The Morgan fingerprint density at radius 2 is 2.03 bits per heavy atom. The summed E-state index contributed by atoms with van der Waals surface area (Å²) in [5.41, 5.74) is 15.1. The van der Waals surface area contributed by atoms with Crippen LogP contribution in [0.15, 0.2) is 47.4 Å². The molecule has 0 fully saturated rings. The third-order valence-electron chi connectivity index (χ3n) is 4.67. The van der Waals surface area contributed by atoms with Crippen molar-refractivity contribution in [3.8, 4) is 27.8 Å². The van der Waals surface area contributed by atoms with Crippen LogP contribution in [0.1, 0.15) is 15.2 Å². The van der Waals surface area contributed by atoms with Crippen LogP contribution in [0.2, 0.25) is 0 Å². The number of carbonyl (C=O) groups is 1. The molecule has 5 heterocycles. The van der Waals surface area contributed by atoms with Crippen molar-refractivity contribution in [2.75, 3.05) is 16.8 Å². The molecule has 11 heteroatoms. The van der Waals surface area contributed by atoms with E-state index < -0.39 is 5.91 Å². The molecule has 0 aliphatic heterocycles. The molecule has 32 heavy (non-hydrogen) atoms. The lowest BCUT2D eigenvalue weighted by Gasteiger charge is -2.07. The van der Waals surface area contributed by atoms with Crippen LogP contribution in [0.3, 0.4) is 0 Å². The van der Waals surface area contributed by atoms with Crippen molar-refractivity contribution in [1.29, 1.82) is 5.26 Å². The lowest BCUT2D eigenvalue weighted by molar-refractivity contribution is 0.103. The van der Waals surface area contributed by atoms with Gasteiger partial charge in [0.05, 0.1) is 11.4 Å². The normalized spacial score (nSPS) is 10.8. The van der Waals surface area contributed by atoms with Gasteiger partial charge in [-0.25, -0.2) is 9.97 Å². The molecule has 0 aromatic carbocycles. The molecule has 0 unspecified atom stereocenters. The standard InChI is InChI=1S/C21H13N7OS3/c22-7-11-14(13-4-2-6-30-13)15-16(23)17(32-20(15)27-18(11)24)19(29)28-21-26-12(9-31-21)10-3-1-5-25-8-10/h1-6,8-9H,23H2,(H2,24,27)(H,26,28,29). The number of thiazole rings is 1. The molecule has 0 spiro atoms. The Bertz CT molecular complexity index is 1500. The quantitative estimate of drug-likeness (QED) is 0.337. The molecular weight excluding hydrogens is 462 g/mol. The van der Waals surface area contributed by atoms with Crippen molar-refractivity contribution in [1.82, 2.24) is 15.0 Å². The highest BCUT2D eigenvalue weighted by Crippen LogP contribution is 2.44. The summed E-state index contributed by atoms with van der Waals surface area (Å²) >= 11 is 3.90. The molecule has 5 aromatic rings. The highest BCUT2D eigenvalue weighted by Gasteiger charge is 2.25. The number of rotatable bonds is 4. The number of carbonyl (C=O) groups excluding carboxylic acids is 1. The van der Waals surface area contributed by atoms with Gasteiger partial charge < -0.3 is 11.5 Å². The molecule has 0 radical (unpaired) electrons. The summed E-state index contributed by atoms with van der Waals surface area (Å²) in [5, 5.41) is 17.2. The Morgan fingerprint density at radius 1 is 1.16 bits per heavy atom. The van der Waals surface area contributed by atoms with Gasteiger partial charge in [-0.2, -0.15) is 5.26 Å². The molecule has 0 aliphatic rings. The van der Waals surface area contributed by atoms with Crippen LogP contribution < -0.4 is 16.8 Å². The number of nitrogen functional groups attached to an aromatic ring is 2. The maximum atomic E-state index is 13.0. The smallest absolute Gasteiger partial charge is 0.269 e. The van der Waals surface area contributed by atoms with Gasteiger partial charge >= 0.3 is 0 Å². The number of aromatic nitrogens is 3. The summed E-state index contributed by atoms with van der Waals surface area (Å²) in [4.78, 5) is 27.5. The summed E-state index contributed by atoms with van der Waals surface area (Å²) in [5.74, 6) is -0.288. The van der Waals surface area contributed by atoms with Crippen LogP contribution in [0.25, 0.3) is 31.9 Å². The number of hydrogen-bond acceptors (Lipinski definition) is 10. The Morgan fingerprint density at radius 3 is 2.75 bits per heavy atom. The number of fused-ring (bicyclic) bond motifs is 1. The highest BCUT2D eigenvalue weighted by molar-refractivity contribution is 7.21. The van der Waals surface area contributed by atoms with Gasteiger partial charge in [-0.05, 0) is 23.6 Å². The van der Waals surface area contributed by atoms with E-state index in [0.29, 0.717) is 20.9 Å². The van der Waals surface area contributed by atoms with Gasteiger partial charge in [0.15, 0.2) is 5.13 Å². The van der Waals surface area contributed by atoms with Gasteiger partial charge in [-0.15, -0.1) is 34.0 Å². The lowest BCUT2D eigenvalue weighted by Crippen LogP contribution is -2.11. The number of pyridine rings is 2. The van der Waals surface area contributed by atoms with E-state index in [1.165, 1.54) is 22.7 Å². The van der Waals surface area contributed by atoms with Crippen molar-refractivity contribution < 1.29 is 4.79 Å². The molecule has 0 atom stereocenters. The Balaban J connectivity index is 1.55. The maximum Gasteiger partial charge on any atom is 0.269 e. The first-order valence-electron chi connectivity index (χ1n) is 9.19. The average molecular weight is 476 g/mol. The minimum atomic E-state index is -0.396. The van der Waals surface area contributed by atoms with Crippen molar-refractivity contribution in [2.24, 2.45) is 0 Å². The number of thiophene rings is 2. The van der Waals surface area contributed by atoms with Crippen LogP contribution in [0, 0.1) is 11.3 Å². The first-order valence-corrected chi connectivity index (χ1v) is 11.8. The fraction of sp³-hybridized carbons (Fsp3) is 0. The molecule has 156 valence electrons. The fourth-order valence-corrected chi connectivity index (χ4v) is 5.76. The van der Waals surface area contributed by atoms with Crippen molar-refractivity contribution in [3.63, 3.8) is 0 Å². The van der Waals surface area contributed by atoms with Crippen molar-refractivity contribution in [3.05, 3.63) is 57.9 Å². The summed E-state index contributed by atoms with van der Waals surface area (Å²) in [6.07, 6.45) is 3.39. The van der Waals surface area contributed by atoms with Gasteiger partial charge in [-0.1, -0.05) is 6.07 Å². The minimum absolute atomic E-state index is 0.109. The molecule has 5 aromatic heterocycles. The van der Waals surface area contributed by atoms with E-state index in [1.54, 1.807) is 12.4 Å². The molecule has 0 aliphatic carbocycles. The van der Waals surface area contributed by atoms with Crippen LogP contribution >= 0.6 is 34.0 Å². The van der Waals surface area contributed by atoms with E-state index in [2.05, 4.69) is 26.3 Å². The van der Waals surface area contributed by atoms with Crippen molar-refractivity contribution in [2.45, 2.75) is 0 Å². The van der Waals surface area contributed by atoms with Gasteiger partial charge in [0.2, 0.25) is 0 Å². The predicted molar refractivity (Wildman–Crippen MR) is 130 cm³/mol. The molecule has 8 nitrogen and oxygen atoms in total. The summed E-state index contributed by atoms with van der Waals surface area (Å²) in [6.45, 7) is 0. The maximum absolute atomic E-state index is 13.0. The SMILES string of the molecule is N#Cc1c(N)nc2sc(C(=O)Nc3nc(-c4cccnc4)cs3)c(N)c2c1-c1cccs1. The van der Waals surface area contributed by atoms with Crippen LogP contribution in [-0.4, -0.2) is 20.9 Å². The fourth-order valence-electron chi connectivity index (χ4n) is 3.25. The predicted octanol–water partition coefficient (Wildman–Crippen LogP) is 4.83. The van der Waals surface area contributed by atoms with Crippen LogP contribution in [0.4, 0.5) is 16.6 Å². The Labute approximate surface area is 193 Å². The Hall–Kier alpha value is -3.85. The largest absolute Gasteiger partial charge is 0.397 e. The topological polar surface area (TPSA) is 144 Å². The number of amides is 1. The third kappa shape index (κ3) is 3.36. The minimum Gasteiger partial charge on any atom is -0.397 e. The first-order chi connectivity index (χ1) is 15.6. The third-order valence-corrected chi connectivity index (χ3v) is 7.42. The van der Waals surface area contributed by atoms with Crippen LogP contribution in [0.5, 0.6) is 0 Å². The second-order valence-corrected chi connectivity index (χ2v) is 9.40. The van der Waals surface area contributed by atoms with E-state index in [-0.39, 0.29) is 21.9 Å². The van der Waals surface area contributed by atoms with E-state index in [4.69, 9.17) is 11.5 Å². The van der Waals surface area contributed by atoms with Crippen LogP contribution in [-0.2, 0) is 0 Å². The second kappa shape index (κ2) is 8.01. The zero-order valence-electron chi connectivity index (χ0n) is 16.2. The van der Waals surface area contributed by atoms with E-state index in [1.807, 2.05) is 35.0 Å².